The number of pyridine rings is 1. The third kappa shape index (κ3) is 6.62. The number of hydrogen-bond acceptors (Lipinski definition) is 7. The number of amides is 2. The first-order chi connectivity index (χ1) is 16.0. The molecule has 3 aromatic rings. The predicted molar refractivity (Wildman–Crippen MR) is 122 cm³/mol. The molecule has 33 heavy (non-hydrogen) atoms. The molecule has 0 aliphatic carbocycles. The zero-order chi connectivity index (χ0) is 23.6. The van der Waals surface area contributed by atoms with Gasteiger partial charge in [-0.2, -0.15) is 0 Å². The van der Waals surface area contributed by atoms with E-state index in [0.717, 1.165) is 16.7 Å². The van der Waals surface area contributed by atoms with Gasteiger partial charge in [0, 0.05) is 30.2 Å². The molecule has 170 valence electrons. The SMILES string of the molecule is COC(=O)CNC(=O)COc1cccc(-c2cc(C(=O)Nc3ccncc3)ccc2CN)c1. The second-order valence-corrected chi connectivity index (χ2v) is 6.94. The monoisotopic (exact) mass is 448 g/mol. The molecule has 3 rings (SSSR count). The Kier molecular flexibility index (Phi) is 8.09. The number of rotatable bonds is 9. The van der Waals surface area contributed by atoms with Gasteiger partial charge in [0.15, 0.2) is 6.61 Å². The Bertz CT molecular complexity index is 1130. The average molecular weight is 448 g/mol. The Morgan fingerprint density at radius 3 is 2.55 bits per heavy atom. The number of nitrogens with zero attached hydrogens (tertiary/aromatic N) is 1. The van der Waals surface area contributed by atoms with E-state index in [9.17, 15) is 14.4 Å². The van der Waals surface area contributed by atoms with Crippen molar-refractivity contribution in [2.24, 2.45) is 5.73 Å². The van der Waals surface area contributed by atoms with E-state index in [2.05, 4.69) is 20.4 Å². The molecular formula is C24H24N4O5. The number of nitrogens with one attached hydrogen (secondary N) is 2. The van der Waals surface area contributed by atoms with E-state index in [4.69, 9.17) is 10.5 Å². The summed E-state index contributed by atoms with van der Waals surface area (Å²) >= 11 is 0. The van der Waals surface area contributed by atoms with Gasteiger partial charge in [-0.25, -0.2) is 0 Å². The van der Waals surface area contributed by atoms with E-state index in [-0.39, 0.29) is 25.6 Å². The molecule has 1 heterocycles. The first-order valence-corrected chi connectivity index (χ1v) is 10.1. The van der Waals surface area contributed by atoms with Gasteiger partial charge in [-0.1, -0.05) is 18.2 Å². The van der Waals surface area contributed by atoms with Gasteiger partial charge in [-0.05, 0) is 53.1 Å². The fourth-order valence-corrected chi connectivity index (χ4v) is 3.00. The third-order valence-electron chi connectivity index (χ3n) is 4.70. The van der Waals surface area contributed by atoms with Gasteiger partial charge < -0.3 is 25.8 Å². The zero-order valence-corrected chi connectivity index (χ0v) is 18.0. The number of esters is 1. The Morgan fingerprint density at radius 2 is 1.82 bits per heavy atom. The maximum absolute atomic E-state index is 12.7. The Balaban J connectivity index is 1.75. The number of carbonyl (C=O) groups excluding carboxylic acids is 3. The minimum Gasteiger partial charge on any atom is -0.484 e. The molecule has 0 fully saturated rings. The second-order valence-electron chi connectivity index (χ2n) is 6.94. The third-order valence-corrected chi connectivity index (χ3v) is 4.70. The Morgan fingerprint density at radius 1 is 1.03 bits per heavy atom. The summed E-state index contributed by atoms with van der Waals surface area (Å²) in [7, 11) is 1.24. The summed E-state index contributed by atoms with van der Waals surface area (Å²) in [5.74, 6) is -0.813. The van der Waals surface area contributed by atoms with Crippen molar-refractivity contribution in [2.45, 2.75) is 6.54 Å². The predicted octanol–water partition coefficient (Wildman–Crippen LogP) is 2.13. The van der Waals surface area contributed by atoms with E-state index in [0.29, 0.717) is 17.0 Å². The van der Waals surface area contributed by atoms with Crippen molar-refractivity contribution in [1.82, 2.24) is 10.3 Å². The van der Waals surface area contributed by atoms with Crippen molar-refractivity contribution in [3.63, 3.8) is 0 Å². The highest BCUT2D eigenvalue weighted by Crippen LogP contribution is 2.28. The van der Waals surface area contributed by atoms with Gasteiger partial charge >= 0.3 is 5.97 Å². The Hall–Kier alpha value is -4.24. The molecule has 0 saturated carbocycles. The normalized spacial score (nSPS) is 10.2. The van der Waals surface area contributed by atoms with Crippen molar-refractivity contribution in [3.8, 4) is 16.9 Å². The van der Waals surface area contributed by atoms with Crippen LogP contribution in [0.2, 0.25) is 0 Å². The fraction of sp³-hybridized carbons (Fsp3) is 0.167. The van der Waals surface area contributed by atoms with E-state index < -0.39 is 11.9 Å². The van der Waals surface area contributed by atoms with Crippen molar-refractivity contribution >= 4 is 23.5 Å². The summed E-state index contributed by atoms with van der Waals surface area (Å²) in [5, 5.41) is 5.23. The van der Waals surface area contributed by atoms with Crippen molar-refractivity contribution < 1.29 is 23.9 Å². The van der Waals surface area contributed by atoms with Gasteiger partial charge in [-0.15, -0.1) is 0 Å². The first kappa shape index (κ1) is 23.4. The molecule has 9 nitrogen and oxygen atoms in total. The largest absolute Gasteiger partial charge is 0.484 e. The molecule has 0 unspecified atom stereocenters. The molecule has 0 spiro atoms. The van der Waals surface area contributed by atoms with Gasteiger partial charge in [0.05, 0.1) is 7.11 Å². The van der Waals surface area contributed by atoms with Crippen LogP contribution in [0.4, 0.5) is 5.69 Å². The van der Waals surface area contributed by atoms with Gasteiger partial charge in [0.2, 0.25) is 0 Å². The van der Waals surface area contributed by atoms with Crippen molar-refractivity contribution in [1.29, 1.82) is 0 Å². The first-order valence-electron chi connectivity index (χ1n) is 10.1. The van der Waals surface area contributed by atoms with E-state index >= 15 is 0 Å². The number of carbonyl (C=O) groups is 3. The molecule has 0 radical (unpaired) electrons. The van der Waals surface area contributed by atoms with Crippen LogP contribution in [-0.4, -0.2) is 43.0 Å². The molecule has 0 atom stereocenters. The maximum Gasteiger partial charge on any atom is 0.325 e. The summed E-state index contributed by atoms with van der Waals surface area (Å²) in [6.07, 6.45) is 3.19. The van der Waals surface area contributed by atoms with E-state index in [1.807, 2.05) is 12.1 Å². The van der Waals surface area contributed by atoms with Gasteiger partial charge in [0.1, 0.15) is 12.3 Å². The molecule has 9 heteroatoms. The highest BCUT2D eigenvalue weighted by atomic mass is 16.5. The Labute approximate surface area is 190 Å². The van der Waals surface area contributed by atoms with Crippen LogP contribution in [0.15, 0.2) is 67.0 Å². The van der Waals surface area contributed by atoms with Crippen LogP contribution < -0.4 is 21.1 Å². The lowest BCUT2D eigenvalue weighted by Gasteiger charge is -2.13. The maximum atomic E-state index is 12.7. The molecule has 4 N–H and O–H groups in total. The van der Waals surface area contributed by atoms with Crippen LogP contribution in [0, 0.1) is 0 Å². The van der Waals surface area contributed by atoms with E-state index in [1.165, 1.54) is 7.11 Å². The second kappa shape index (κ2) is 11.4. The smallest absolute Gasteiger partial charge is 0.325 e. The van der Waals surface area contributed by atoms with E-state index in [1.54, 1.807) is 54.9 Å². The number of hydrogen-bond donors (Lipinski definition) is 3. The van der Waals surface area contributed by atoms with Crippen LogP contribution in [-0.2, 0) is 20.9 Å². The topological polar surface area (TPSA) is 133 Å². The zero-order valence-electron chi connectivity index (χ0n) is 18.0. The number of ether oxygens (including phenoxy) is 2. The molecule has 0 aliphatic heterocycles. The summed E-state index contributed by atoms with van der Waals surface area (Å²) in [6.45, 7) is -0.214. The number of methoxy groups -OCH3 is 1. The lowest BCUT2D eigenvalue weighted by atomic mass is 9.96. The fourth-order valence-electron chi connectivity index (χ4n) is 3.00. The molecule has 2 amide bonds. The lowest BCUT2D eigenvalue weighted by Crippen LogP contribution is -2.33. The van der Waals surface area contributed by atoms with Gasteiger partial charge in [-0.3, -0.25) is 19.4 Å². The highest BCUT2D eigenvalue weighted by molar-refractivity contribution is 6.05. The van der Waals surface area contributed by atoms with Crippen LogP contribution in [0.5, 0.6) is 5.75 Å². The lowest BCUT2D eigenvalue weighted by molar-refractivity contribution is -0.141. The molecule has 0 bridgehead atoms. The molecule has 0 saturated heterocycles. The minimum atomic E-state index is -0.549. The van der Waals surface area contributed by atoms with Crippen LogP contribution >= 0.6 is 0 Å². The summed E-state index contributed by atoms with van der Waals surface area (Å²) in [5.41, 5.74) is 9.43. The molecule has 2 aromatic carbocycles. The molecule has 0 aliphatic rings. The molecule has 1 aromatic heterocycles. The summed E-state index contributed by atoms with van der Waals surface area (Å²) < 4.78 is 10.0. The number of benzene rings is 2. The average Bonchev–Trinajstić information content (AvgIpc) is 2.86. The van der Waals surface area contributed by atoms with Crippen LogP contribution in [0.25, 0.3) is 11.1 Å². The quantitative estimate of drug-likeness (QED) is 0.427. The number of nitrogens with two attached hydrogens (primary N) is 1. The standard InChI is InChI=1S/C24H24N4O5/c1-32-23(30)14-27-22(29)15-33-20-4-2-3-16(11-20)21-12-17(5-6-18(21)13-25)24(31)28-19-7-9-26-10-8-19/h2-12H,13-15,25H2,1H3,(H,27,29)(H,26,28,31). The number of aromatic nitrogens is 1. The highest BCUT2D eigenvalue weighted by Gasteiger charge is 2.12. The van der Waals surface area contributed by atoms with Gasteiger partial charge in [0.25, 0.3) is 11.8 Å². The van der Waals surface area contributed by atoms with Crippen molar-refractivity contribution in [3.05, 3.63) is 78.1 Å². The van der Waals surface area contributed by atoms with Crippen LogP contribution in [0.1, 0.15) is 15.9 Å². The summed E-state index contributed by atoms with van der Waals surface area (Å²) in [6, 6.07) is 15.8. The minimum absolute atomic E-state index is 0.229. The number of anilines is 1. The summed E-state index contributed by atoms with van der Waals surface area (Å²) in [4.78, 5) is 39.6. The van der Waals surface area contributed by atoms with Crippen LogP contribution in [0.3, 0.4) is 0 Å². The van der Waals surface area contributed by atoms with Crippen molar-refractivity contribution in [2.75, 3.05) is 25.6 Å². The molecular weight excluding hydrogens is 424 g/mol.